The Balaban J connectivity index is 1.71. The molecule has 0 bridgehead atoms. The molecule has 0 aliphatic rings. The molecule has 3 rings (SSSR count). The van der Waals surface area contributed by atoms with Gasteiger partial charge in [-0.3, -0.25) is 10.0 Å². The predicted molar refractivity (Wildman–Crippen MR) is 99.2 cm³/mol. The molecular formula is C17H14FN3O3S2. The van der Waals surface area contributed by atoms with E-state index in [0.29, 0.717) is 11.4 Å². The lowest BCUT2D eigenvalue weighted by atomic mass is 10.2. The standard InChI is InChI=1S/C17H14FN3O3S2/c1-24-14-8-11(16(22)20-23)4-7-13(14)21-26-15-9-25-17(19-15)10-2-5-12(18)6-3-10/h2-9,21,23H,1H3,(H,20,22). The number of methoxy groups -OCH3 is 1. The van der Waals surface area contributed by atoms with E-state index in [-0.39, 0.29) is 11.4 Å². The van der Waals surface area contributed by atoms with Crippen LogP contribution < -0.4 is 14.9 Å². The summed E-state index contributed by atoms with van der Waals surface area (Å²) in [5, 5.41) is 12.1. The maximum Gasteiger partial charge on any atom is 0.274 e. The van der Waals surface area contributed by atoms with Crippen molar-refractivity contribution in [1.82, 2.24) is 10.5 Å². The summed E-state index contributed by atoms with van der Waals surface area (Å²) in [5.41, 5.74) is 3.35. The average molecular weight is 391 g/mol. The third-order valence-corrected chi connectivity index (χ3v) is 5.19. The first-order valence-corrected chi connectivity index (χ1v) is 9.07. The number of ether oxygens (including phenoxy) is 1. The van der Waals surface area contributed by atoms with Crippen molar-refractivity contribution < 1.29 is 19.1 Å². The summed E-state index contributed by atoms with van der Waals surface area (Å²) in [4.78, 5) is 16.0. The summed E-state index contributed by atoms with van der Waals surface area (Å²) in [5.74, 6) is -0.453. The Bertz CT molecular complexity index is 916. The number of anilines is 1. The average Bonchev–Trinajstić information content (AvgIpc) is 3.15. The number of halogens is 1. The molecule has 0 saturated heterocycles. The second kappa shape index (κ2) is 8.17. The molecule has 0 saturated carbocycles. The van der Waals surface area contributed by atoms with E-state index in [1.165, 1.54) is 48.6 Å². The molecule has 0 aliphatic carbocycles. The van der Waals surface area contributed by atoms with E-state index in [4.69, 9.17) is 9.94 Å². The van der Waals surface area contributed by atoms with E-state index in [0.717, 1.165) is 15.6 Å². The quantitative estimate of drug-likeness (QED) is 0.332. The van der Waals surface area contributed by atoms with Gasteiger partial charge in [-0.2, -0.15) is 0 Å². The molecule has 3 aromatic rings. The van der Waals surface area contributed by atoms with Crippen LogP contribution in [0.3, 0.4) is 0 Å². The molecule has 26 heavy (non-hydrogen) atoms. The third-order valence-electron chi connectivity index (χ3n) is 3.41. The van der Waals surface area contributed by atoms with Crippen LogP contribution in [-0.2, 0) is 0 Å². The number of thiazole rings is 1. The van der Waals surface area contributed by atoms with Gasteiger partial charge in [-0.1, -0.05) is 0 Å². The normalized spacial score (nSPS) is 10.4. The van der Waals surface area contributed by atoms with E-state index >= 15 is 0 Å². The SMILES string of the molecule is COc1cc(C(=O)NO)ccc1NSc1csc(-c2ccc(F)cc2)n1. The summed E-state index contributed by atoms with van der Waals surface area (Å²) in [6.07, 6.45) is 0. The smallest absolute Gasteiger partial charge is 0.274 e. The Hall–Kier alpha value is -2.62. The Morgan fingerprint density at radius 2 is 2.04 bits per heavy atom. The molecule has 3 N–H and O–H groups in total. The van der Waals surface area contributed by atoms with Crippen LogP contribution in [0.2, 0.25) is 0 Å². The van der Waals surface area contributed by atoms with Gasteiger partial charge in [0.25, 0.3) is 5.91 Å². The maximum absolute atomic E-state index is 13.0. The van der Waals surface area contributed by atoms with Gasteiger partial charge in [0.1, 0.15) is 21.6 Å². The summed E-state index contributed by atoms with van der Waals surface area (Å²) in [6.45, 7) is 0. The van der Waals surface area contributed by atoms with E-state index < -0.39 is 5.91 Å². The first-order chi connectivity index (χ1) is 12.6. The van der Waals surface area contributed by atoms with Crippen molar-refractivity contribution in [2.45, 2.75) is 5.03 Å². The van der Waals surface area contributed by atoms with E-state index in [1.54, 1.807) is 29.7 Å². The third kappa shape index (κ3) is 4.13. The number of aromatic nitrogens is 1. The van der Waals surface area contributed by atoms with Crippen LogP contribution in [0.25, 0.3) is 10.6 Å². The highest BCUT2D eigenvalue weighted by atomic mass is 32.2. The Morgan fingerprint density at radius 1 is 1.27 bits per heavy atom. The molecule has 1 heterocycles. The first kappa shape index (κ1) is 18.2. The Labute approximate surface area is 157 Å². The zero-order chi connectivity index (χ0) is 18.5. The van der Waals surface area contributed by atoms with E-state index in [1.807, 2.05) is 5.38 Å². The molecular weight excluding hydrogens is 377 g/mol. The van der Waals surface area contributed by atoms with Crippen LogP contribution in [0.15, 0.2) is 52.9 Å². The van der Waals surface area contributed by atoms with E-state index in [9.17, 15) is 9.18 Å². The summed E-state index contributed by atoms with van der Waals surface area (Å²) in [6, 6.07) is 10.9. The molecule has 0 unspecified atom stereocenters. The van der Waals surface area contributed by atoms with Gasteiger partial charge in [-0.05, 0) is 42.5 Å². The number of nitrogens with zero attached hydrogens (tertiary/aromatic N) is 1. The number of amides is 1. The lowest BCUT2D eigenvalue weighted by Gasteiger charge is -2.10. The number of rotatable bonds is 6. The topological polar surface area (TPSA) is 83.5 Å². The highest BCUT2D eigenvalue weighted by Crippen LogP contribution is 2.32. The summed E-state index contributed by atoms with van der Waals surface area (Å²) >= 11 is 2.74. The fourth-order valence-corrected chi connectivity index (χ4v) is 3.72. The molecule has 0 aliphatic heterocycles. The molecule has 0 atom stereocenters. The van der Waals surface area contributed by atoms with Gasteiger partial charge in [-0.25, -0.2) is 14.9 Å². The fourth-order valence-electron chi connectivity index (χ4n) is 2.12. The molecule has 1 aromatic heterocycles. The van der Waals surface area contributed by atoms with Gasteiger partial charge in [0.05, 0.1) is 12.8 Å². The van der Waals surface area contributed by atoms with Gasteiger partial charge in [-0.15, -0.1) is 11.3 Å². The zero-order valence-electron chi connectivity index (χ0n) is 13.5. The largest absolute Gasteiger partial charge is 0.495 e. The van der Waals surface area contributed by atoms with Crippen molar-refractivity contribution in [1.29, 1.82) is 0 Å². The molecule has 1 amide bonds. The minimum atomic E-state index is -0.619. The van der Waals surface area contributed by atoms with Gasteiger partial charge < -0.3 is 9.46 Å². The van der Waals surface area contributed by atoms with Crippen LogP contribution in [-0.4, -0.2) is 23.2 Å². The van der Waals surface area contributed by atoms with Crippen molar-refractivity contribution >= 4 is 34.9 Å². The number of carbonyl (C=O) groups excluding carboxylic acids is 1. The summed E-state index contributed by atoms with van der Waals surface area (Å²) in [7, 11) is 1.49. The molecule has 134 valence electrons. The molecule has 0 radical (unpaired) electrons. The first-order valence-electron chi connectivity index (χ1n) is 7.37. The van der Waals surface area contributed by atoms with Gasteiger partial charge >= 0.3 is 0 Å². The van der Waals surface area contributed by atoms with Crippen molar-refractivity contribution in [2.75, 3.05) is 11.8 Å². The van der Waals surface area contributed by atoms with E-state index in [2.05, 4.69) is 9.71 Å². The van der Waals surface area contributed by atoms with Crippen LogP contribution in [0.1, 0.15) is 10.4 Å². The maximum atomic E-state index is 13.0. The predicted octanol–water partition coefficient (Wildman–Crippen LogP) is 4.20. The molecule has 9 heteroatoms. The zero-order valence-corrected chi connectivity index (χ0v) is 15.2. The molecule has 6 nitrogen and oxygen atoms in total. The second-order valence-electron chi connectivity index (χ2n) is 5.06. The Morgan fingerprint density at radius 3 is 2.73 bits per heavy atom. The van der Waals surface area contributed by atoms with Crippen molar-refractivity contribution in [2.24, 2.45) is 0 Å². The Kier molecular flexibility index (Phi) is 5.71. The monoisotopic (exact) mass is 391 g/mol. The van der Waals surface area contributed by atoms with Crippen molar-refractivity contribution in [3.63, 3.8) is 0 Å². The molecule has 0 spiro atoms. The van der Waals surface area contributed by atoms with Crippen LogP contribution in [0, 0.1) is 5.82 Å². The number of hydroxylamine groups is 1. The number of hydrogen-bond donors (Lipinski definition) is 3. The number of nitrogens with one attached hydrogen (secondary N) is 2. The number of carbonyl (C=O) groups is 1. The van der Waals surface area contributed by atoms with Gasteiger partial charge in [0, 0.05) is 28.5 Å². The number of hydrogen-bond acceptors (Lipinski definition) is 7. The summed E-state index contributed by atoms with van der Waals surface area (Å²) < 4.78 is 21.4. The van der Waals surface area contributed by atoms with Gasteiger partial charge in [0.15, 0.2) is 0 Å². The number of benzene rings is 2. The molecule has 0 fully saturated rings. The van der Waals surface area contributed by atoms with Crippen LogP contribution in [0.4, 0.5) is 10.1 Å². The highest BCUT2D eigenvalue weighted by molar-refractivity contribution is 8.00. The minimum absolute atomic E-state index is 0.271. The van der Waals surface area contributed by atoms with Crippen molar-refractivity contribution in [3.8, 4) is 16.3 Å². The fraction of sp³-hybridized carbons (Fsp3) is 0.0588. The van der Waals surface area contributed by atoms with Crippen LogP contribution >= 0.6 is 23.3 Å². The highest BCUT2D eigenvalue weighted by Gasteiger charge is 2.11. The van der Waals surface area contributed by atoms with Crippen molar-refractivity contribution in [3.05, 3.63) is 59.2 Å². The second-order valence-corrected chi connectivity index (χ2v) is 6.74. The lowest BCUT2D eigenvalue weighted by molar-refractivity contribution is 0.0706. The van der Waals surface area contributed by atoms with Crippen LogP contribution in [0.5, 0.6) is 5.75 Å². The minimum Gasteiger partial charge on any atom is -0.495 e. The van der Waals surface area contributed by atoms with Gasteiger partial charge in [0.2, 0.25) is 0 Å². The lowest BCUT2D eigenvalue weighted by Crippen LogP contribution is -2.18. The molecule has 2 aromatic carbocycles.